The van der Waals surface area contributed by atoms with Crippen LogP contribution in [0.1, 0.15) is 69.4 Å². The van der Waals surface area contributed by atoms with Crippen LogP contribution in [0.3, 0.4) is 0 Å². The monoisotopic (exact) mass is 361 g/mol. The number of nitrogens with zero attached hydrogens (tertiary/aromatic N) is 1. The molecule has 4 heteroatoms. The highest BCUT2D eigenvalue weighted by Gasteiger charge is 2.43. The molecule has 146 valence electrons. The van der Waals surface area contributed by atoms with Crippen LogP contribution in [0.2, 0.25) is 0 Å². The first-order valence-corrected chi connectivity index (χ1v) is 10.2. The summed E-state index contributed by atoms with van der Waals surface area (Å²) in [6, 6.07) is 8.78. The Kier molecular flexibility index (Phi) is 8.60. The highest BCUT2D eigenvalue weighted by molar-refractivity contribution is 5.79. The van der Waals surface area contributed by atoms with Gasteiger partial charge in [-0.25, -0.2) is 4.79 Å². The number of benzene rings is 1. The lowest BCUT2D eigenvalue weighted by Gasteiger charge is -2.20. The van der Waals surface area contributed by atoms with Crippen molar-refractivity contribution in [1.82, 2.24) is 4.90 Å². The molecular formula is C22H35NO3. The summed E-state index contributed by atoms with van der Waals surface area (Å²) in [6.45, 7) is 4.08. The van der Waals surface area contributed by atoms with Crippen molar-refractivity contribution >= 4 is 5.97 Å². The third-order valence-corrected chi connectivity index (χ3v) is 5.39. The summed E-state index contributed by atoms with van der Waals surface area (Å²) < 4.78 is 4.71. The fraction of sp³-hybridized carbons (Fsp3) is 0.682. The van der Waals surface area contributed by atoms with Gasteiger partial charge in [-0.05, 0) is 24.0 Å². The average molecular weight is 362 g/mol. The van der Waals surface area contributed by atoms with Crippen LogP contribution in [0.15, 0.2) is 24.3 Å². The minimum atomic E-state index is -1.34. The van der Waals surface area contributed by atoms with Crippen LogP contribution in [-0.2, 0) is 22.5 Å². The predicted molar refractivity (Wildman–Crippen MR) is 105 cm³/mol. The Hall–Kier alpha value is -1.39. The number of rotatable bonds is 11. The van der Waals surface area contributed by atoms with Gasteiger partial charge in [-0.2, -0.15) is 0 Å². The van der Waals surface area contributed by atoms with Crippen LogP contribution in [0.5, 0.6) is 0 Å². The molecule has 0 aromatic heterocycles. The van der Waals surface area contributed by atoms with Gasteiger partial charge in [-0.15, -0.1) is 0 Å². The fourth-order valence-electron chi connectivity index (χ4n) is 3.72. The number of carbonyl (C=O) groups excluding carboxylic acids is 1. The Labute approximate surface area is 158 Å². The van der Waals surface area contributed by atoms with Crippen LogP contribution in [0.25, 0.3) is 0 Å². The predicted octanol–water partition coefficient (Wildman–Crippen LogP) is 4.09. The Balaban J connectivity index is 1.69. The van der Waals surface area contributed by atoms with E-state index in [1.54, 1.807) is 0 Å². The Bertz CT molecular complexity index is 543. The highest BCUT2D eigenvalue weighted by Crippen LogP contribution is 2.24. The molecule has 0 saturated carbocycles. The zero-order chi connectivity index (χ0) is 18.8. The number of ether oxygens (including phenoxy) is 1. The van der Waals surface area contributed by atoms with Gasteiger partial charge >= 0.3 is 5.97 Å². The number of esters is 1. The van der Waals surface area contributed by atoms with Gasteiger partial charge in [0, 0.05) is 26.1 Å². The van der Waals surface area contributed by atoms with Crippen molar-refractivity contribution in [1.29, 1.82) is 0 Å². The molecule has 1 aliphatic heterocycles. The lowest BCUT2D eigenvalue weighted by Crippen LogP contribution is -2.42. The van der Waals surface area contributed by atoms with Crippen molar-refractivity contribution in [3.8, 4) is 0 Å². The summed E-state index contributed by atoms with van der Waals surface area (Å²) in [5, 5.41) is 10.3. The minimum Gasteiger partial charge on any atom is -0.467 e. The molecule has 1 unspecified atom stereocenters. The van der Waals surface area contributed by atoms with E-state index in [9.17, 15) is 9.90 Å². The van der Waals surface area contributed by atoms with Crippen LogP contribution in [-0.4, -0.2) is 41.8 Å². The number of carbonyl (C=O) groups is 1. The van der Waals surface area contributed by atoms with E-state index in [-0.39, 0.29) is 0 Å². The van der Waals surface area contributed by atoms with Crippen molar-refractivity contribution < 1.29 is 14.6 Å². The molecule has 0 radical (unpaired) electrons. The number of β-amino-alcohol motifs (C(OH)–C–C–N with tert-alkyl or cyclic N) is 1. The fourth-order valence-corrected chi connectivity index (χ4v) is 3.72. The maximum atomic E-state index is 11.7. The number of aryl methyl sites for hydroxylation is 1. The standard InChI is InChI=1S/C22H35NO3/c1-3-4-5-6-7-8-9-10-19-11-13-20(14-12-19)17-23-16-15-22(25,18-23)21(24)26-2/h11-14,25H,3-10,15-18H2,1-2H3. The highest BCUT2D eigenvalue weighted by atomic mass is 16.5. The molecule has 1 heterocycles. The summed E-state index contributed by atoms with van der Waals surface area (Å²) in [7, 11) is 1.33. The van der Waals surface area contributed by atoms with Gasteiger partial charge in [0.05, 0.1) is 7.11 Å². The summed E-state index contributed by atoms with van der Waals surface area (Å²) in [5.74, 6) is -0.523. The van der Waals surface area contributed by atoms with E-state index in [0.717, 1.165) is 13.0 Å². The Morgan fingerprint density at radius 1 is 1.08 bits per heavy atom. The van der Waals surface area contributed by atoms with Gasteiger partial charge < -0.3 is 9.84 Å². The quantitative estimate of drug-likeness (QED) is 0.476. The normalized spacial score (nSPS) is 20.4. The number of methoxy groups -OCH3 is 1. The zero-order valence-electron chi connectivity index (χ0n) is 16.5. The van der Waals surface area contributed by atoms with E-state index >= 15 is 0 Å². The largest absolute Gasteiger partial charge is 0.467 e. The molecule has 1 atom stereocenters. The van der Waals surface area contributed by atoms with Gasteiger partial charge in [0.25, 0.3) is 0 Å². The summed E-state index contributed by atoms with van der Waals surface area (Å²) in [4.78, 5) is 13.8. The second-order valence-electron chi connectivity index (χ2n) is 7.67. The molecule has 1 saturated heterocycles. The summed E-state index contributed by atoms with van der Waals surface area (Å²) in [6.07, 6.45) is 11.0. The summed E-state index contributed by atoms with van der Waals surface area (Å²) in [5.41, 5.74) is 1.28. The summed E-state index contributed by atoms with van der Waals surface area (Å²) >= 11 is 0. The third kappa shape index (κ3) is 6.40. The van der Waals surface area contributed by atoms with Gasteiger partial charge in [0.15, 0.2) is 5.60 Å². The average Bonchev–Trinajstić information content (AvgIpc) is 3.03. The number of aliphatic hydroxyl groups is 1. The van der Waals surface area contributed by atoms with Gasteiger partial charge in [-0.3, -0.25) is 4.90 Å². The van der Waals surface area contributed by atoms with E-state index in [2.05, 4.69) is 36.1 Å². The van der Waals surface area contributed by atoms with Gasteiger partial charge in [0.1, 0.15) is 0 Å². The van der Waals surface area contributed by atoms with Crippen molar-refractivity contribution in [2.75, 3.05) is 20.2 Å². The first kappa shape index (κ1) is 20.9. The van der Waals surface area contributed by atoms with Gasteiger partial charge in [0.2, 0.25) is 0 Å². The molecule has 1 aromatic carbocycles. The maximum absolute atomic E-state index is 11.7. The zero-order valence-corrected chi connectivity index (χ0v) is 16.5. The lowest BCUT2D eigenvalue weighted by atomic mass is 10.0. The molecular weight excluding hydrogens is 326 g/mol. The second-order valence-corrected chi connectivity index (χ2v) is 7.67. The molecule has 0 aliphatic carbocycles. The van der Waals surface area contributed by atoms with E-state index in [4.69, 9.17) is 4.74 Å². The van der Waals surface area contributed by atoms with Crippen LogP contribution in [0.4, 0.5) is 0 Å². The molecule has 0 amide bonds. The molecule has 2 rings (SSSR count). The maximum Gasteiger partial charge on any atom is 0.339 e. The molecule has 1 aliphatic rings. The van der Waals surface area contributed by atoms with E-state index < -0.39 is 11.6 Å². The number of hydrogen-bond acceptors (Lipinski definition) is 4. The van der Waals surface area contributed by atoms with Crippen molar-refractivity contribution in [2.45, 2.75) is 76.9 Å². The molecule has 26 heavy (non-hydrogen) atoms. The van der Waals surface area contributed by atoms with Crippen molar-refractivity contribution in [2.24, 2.45) is 0 Å². The number of likely N-dealkylation sites (tertiary alicyclic amines) is 1. The van der Waals surface area contributed by atoms with E-state index in [0.29, 0.717) is 19.5 Å². The number of unbranched alkanes of at least 4 members (excludes halogenated alkanes) is 6. The topological polar surface area (TPSA) is 49.8 Å². The Morgan fingerprint density at radius 2 is 1.69 bits per heavy atom. The van der Waals surface area contributed by atoms with E-state index in [1.807, 2.05) is 0 Å². The smallest absolute Gasteiger partial charge is 0.339 e. The lowest BCUT2D eigenvalue weighted by molar-refractivity contribution is -0.160. The van der Waals surface area contributed by atoms with Crippen LogP contribution in [0, 0.1) is 0 Å². The molecule has 0 bridgehead atoms. The number of hydrogen-bond donors (Lipinski definition) is 1. The van der Waals surface area contributed by atoms with E-state index in [1.165, 1.54) is 63.2 Å². The minimum absolute atomic E-state index is 0.347. The third-order valence-electron chi connectivity index (χ3n) is 5.39. The Morgan fingerprint density at radius 3 is 2.35 bits per heavy atom. The van der Waals surface area contributed by atoms with Crippen molar-refractivity contribution in [3.05, 3.63) is 35.4 Å². The van der Waals surface area contributed by atoms with Crippen LogP contribution >= 0.6 is 0 Å². The molecule has 1 fully saturated rings. The molecule has 1 aromatic rings. The van der Waals surface area contributed by atoms with Crippen LogP contribution < -0.4 is 0 Å². The molecule has 4 nitrogen and oxygen atoms in total. The first-order chi connectivity index (χ1) is 12.6. The first-order valence-electron chi connectivity index (χ1n) is 10.2. The van der Waals surface area contributed by atoms with Crippen molar-refractivity contribution in [3.63, 3.8) is 0 Å². The second kappa shape index (κ2) is 10.7. The molecule has 1 N–H and O–H groups in total. The SMILES string of the molecule is CCCCCCCCCc1ccc(CN2CCC(O)(C(=O)OC)C2)cc1. The van der Waals surface area contributed by atoms with Gasteiger partial charge in [-0.1, -0.05) is 69.7 Å². The molecule has 0 spiro atoms.